The Bertz CT molecular complexity index is 839. The average molecular weight is 469 g/mol. The van der Waals surface area contributed by atoms with Crippen molar-refractivity contribution in [3.63, 3.8) is 0 Å². The lowest BCUT2D eigenvalue weighted by molar-refractivity contribution is -0.137. The number of carboxylic acid groups (broad SMARTS) is 1. The van der Waals surface area contributed by atoms with E-state index in [2.05, 4.69) is 22.5 Å². The van der Waals surface area contributed by atoms with Crippen LogP contribution >= 0.6 is 27.5 Å². The predicted molar refractivity (Wildman–Crippen MR) is 116 cm³/mol. The van der Waals surface area contributed by atoms with Crippen molar-refractivity contribution >= 4 is 33.5 Å². The number of carbonyl (C=O) groups is 1. The lowest BCUT2D eigenvalue weighted by Crippen LogP contribution is -2.23. The maximum absolute atomic E-state index is 14.1. The van der Waals surface area contributed by atoms with Crippen LogP contribution in [0.4, 0.5) is 4.39 Å². The molecule has 6 heteroatoms. The molecule has 0 radical (unpaired) electrons. The van der Waals surface area contributed by atoms with Crippen molar-refractivity contribution in [2.45, 2.75) is 32.7 Å². The van der Waals surface area contributed by atoms with Crippen molar-refractivity contribution in [1.82, 2.24) is 4.90 Å². The smallest absolute Gasteiger partial charge is 0.304 e. The first-order valence-corrected chi connectivity index (χ1v) is 10.1. The molecule has 1 atom stereocenters. The number of hydrogen-bond donors (Lipinski definition) is 1. The van der Waals surface area contributed by atoms with Gasteiger partial charge in [0.15, 0.2) is 0 Å². The van der Waals surface area contributed by atoms with Crippen molar-refractivity contribution < 1.29 is 14.3 Å². The largest absolute Gasteiger partial charge is 0.481 e. The van der Waals surface area contributed by atoms with Crippen LogP contribution in [0.5, 0.6) is 0 Å². The van der Waals surface area contributed by atoms with Crippen molar-refractivity contribution in [3.05, 3.63) is 80.7 Å². The van der Waals surface area contributed by atoms with Crippen molar-refractivity contribution in [2.75, 3.05) is 7.05 Å². The van der Waals surface area contributed by atoms with E-state index in [1.807, 2.05) is 36.2 Å². The molecule has 0 saturated heterocycles. The summed E-state index contributed by atoms with van der Waals surface area (Å²) in [5, 5.41) is 9.97. The number of allylic oxidation sites excluding steroid dienone is 7. The Hall–Kier alpha value is -1.85. The monoisotopic (exact) mass is 467 g/mol. The van der Waals surface area contributed by atoms with Gasteiger partial charge in [-0.15, -0.1) is 0 Å². The van der Waals surface area contributed by atoms with Crippen LogP contribution in [0, 0.1) is 5.92 Å². The van der Waals surface area contributed by atoms with Crippen molar-refractivity contribution in [1.29, 1.82) is 0 Å². The molecule has 0 amide bonds. The summed E-state index contributed by atoms with van der Waals surface area (Å²) in [6.07, 6.45) is 4.22. The summed E-state index contributed by atoms with van der Waals surface area (Å²) in [6.45, 7) is 6.39. The second-order valence-corrected chi connectivity index (χ2v) is 8.65. The van der Waals surface area contributed by atoms with Crippen LogP contribution in [0.15, 0.2) is 70.1 Å². The highest BCUT2D eigenvalue weighted by Gasteiger charge is 2.30. The molecule has 0 saturated carbocycles. The van der Waals surface area contributed by atoms with E-state index in [-0.39, 0.29) is 12.3 Å². The first kappa shape index (κ1) is 22.4. The zero-order valence-electron chi connectivity index (χ0n) is 16.0. The molecule has 0 spiro atoms. The lowest BCUT2D eigenvalue weighted by atomic mass is 10.00. The van der Waals surface area contributed by atoms with E-state index >= 15 is 0 Å². The summed E-state index contributed by atoms with van der Waals surface area (Å²) in [6, 6.07) is 7.54. The highest BCUT2D eigenvalue weighted by Crippen LogP contribution is 2.40. The molecule has 2 rings (SSSR count). The van der Waals surface area contributed by atoms with E-state index < -0.39 is 11.8 Å². The predicted octanol–water partition coefficient (Wildman–Crippen LogP) is 6.62. The molecule has 0 aliphatic heterocycles. The van der Waals surface area contributed by atoms with Gasteiger partial charge in [0.25, 0.3) is 0 Å². The van der Waals surface area contributed by atoms with Gasteiger partial charge in [0.05, 0.1) is 6.42 Å². The van der Waals surface area contributed by atoms with Crippen LogP contribution in [-0.4, -0.2) is 23.0 Å². The van der Waals surface area contributed by atoms with Crippen LogP contribution in [0.1, 0.15) is 31.7 Å². The van der Waals surface area contributed by atoms with Gasteiger partial charge >= 0.3 is 5.97 Å². The Kier molecular flexibility index (Phi) is 8.08. The summed E-state index contributed by atoms with van der Waals surface area (Å²) in [5.41, 5.74) is 3.47. The molecule has 3 nitrogen and oxygen atoms in total. The second kappa shape index (κ2) is 10.1. The Morgan fingerprint density at radius 3 is 2.61 bits per heavy atom. The summed E-state index contributed by atoms with van der Waals surface area (Å²) in [4.78, 5) is 13.4. The first-order valence-electron chi connectivity index (χ1n) is 8.98. The molecule has 1 aromatic carbocycles. The van der Waals surface area contributed by atoms with E-state index in [1.54, 1.807) is 6.92 Å². The molecule has 0 bridgehead atoms. The zero-order chi connectivity index (χ0) is 20.8. The summed E-state index contributed by atoms with van der Waals surface area (Å²) >= 11 is 9.17. The molecule has 1 aromatic rings. The molecule has 1 aliphatic carbocycles. The van der Waals surface area contributed by atoms with E-state index in [9.17, 15) is 14.3 Å². The van der Waals surface area contributed by atoms with Gasteiger partial charge in [0.1, 0.15) is 5.83 Å². The fraction of sp³-hybridized carbons (Fsp3) is 0.318. The molecule has 28 heavy (non-hydrogen) atoms. The molecule has 0 fully saturated rings. The van der Waals surface area contributed by atoms with Gasteiger partial charge in [0, 0.05) is 30.2 Å². The third-order valence-corrected chi connectivity index (χ3v) is 5.12. The fourth-order valence-corrected chi connectivity index (χ4v) is 3.89. The van der Waals surface area contributed by atoms with Crippen LogP contribution in [-0.2, 0) is 11.3 Å². The van der Waals surface area contributed by atoms with Gasteiger partial charge in [-0.2, -0.15) is 0 Å². The molecule has 1 aliphatic rings. The van der Waals surface area contributed by atoms with Gasteiger partial charge in [-0.25, -0.2) is 4.39 Å². The third-order valence-electron chi connectivity index (χ3n) is 4.64. The van der Waals surface area contributed by atoms with Crippen LogP contribution in [0.25, 0.3) is 0 Å². The summed E-state index contributed by atoms with van der Waals surface area (Å²) in [7, 11) is 1.93. The minimum Gasteiger partial charge on any atom is -0.481 e. The van der Waals surface area contributed by atoms with Crippen LogP contribution < -0.4 is 0 Å². The van der Waals surface area contributed by atoms with Gasteiger partial charge in [-0.3, -0.25) is 4.79 Å². The normalized spacial score (nSPS) is 17.8. The molecule has 0 heterocycles. The van der Waals surface area contributed by atoms with E-state index in [1.165, 1.54) is 12.2 Å². The standard InChI is InChI=1S/C22H24BrClFNO2/c1-14(10-19(25)11-15(2)23)20-9-6-17(12-21(27)28)22(20)26(3)13-16-4-7-18(24)8-5-16/h4-5,7-8,10-11,17H,1,6,9,12-13H2,2-3H3,(H,27,28)/b15-11+,19-10+/t17-/m1/s1. The number of halogens is 3. The van der Waals surface area contributed by atoms with Crippen LogP contribution in [0.2, 0.25) is 5.02 Å². The maximum atomic E-state index is 14.1. The minimum absolute atomic E-state index is 0.0453. The highest BCUT2D eigenvalue weighted by molar-refractivity contribution is 9.11. The molecule has 1 N–H and O–H groups in total. The van der Waals surface area contributed by atoms with Gasteiger partial charge < -0.3 is 10.0 Å². The number of carboxylic acids is 1. The number of benzene rings is 1. The number of aliphatic carboxylic acids is 1. The van der Waals surface area contributed by atoms with Crippen molar-refractivity contribution in [3.8, 4) is 0 Å². The summed E-state index contributed by atoms with van der Waals surface area (Å²) in [5.74, 6) is -1.35. The topological polar surface area (TPSA) is 40.5 Å². The van der Waals surface area contributed by atoms with E-state index in [4.69, 9.17) is 11.6 Å². The van der Waals surface area contributed by atoms with Gasteiger partial charge in [-0.05, 0) is 65.2 Å². The molecular formula is C22H24BrClFNO2. The highest BCUT2D eigenvalue weighted by atomic mass is 79.9. The molecule has 0 unspecified atom stereocenters. The number of rotatable bonds is 8. The van der Waals surface area contributed by atoms with Crippen LogP contribution in [0.3, 0.4) is 0 Å². The second-order valence-electron chi connectivity index (χ2n) is 6.97. The van der Waals surface area contributed by atoms with Gasteiger partial charge in [-0.1, -0.05) is 46.2 Å². The maximum Gasteiger partial charge on any atom is 0.304 e. The molecule has 150 valence electrons. The Morgan fingerprint density at radius 1 is 1.39 bits per heavy atom. The Labute approximate surface area is 179 Å². The number of nitrogens with zero attached hydrogens (tertiary/aromatic N) is 1. The zero-order valence-corrected chi connectivity index (χ0v) is 18.4. The van der Waals surface area contributed by atoms with E-state index in [0.29, 0.717) is 34.5 Å². The first-order chi connectivity index (χ1) is 13.2. The molecular weight excluding hydrogens is 445 g/mol. The number of hydrogen-bond acceptors (Lipinski definition) is 2. The SMILES string of the molecule is C=C(/C=C(F)\C=C(/C)Br)C1=C(N(C)Cc2ccc(Cl)cc2)[C@@H](CC(=O)O)CC1. The lowest BCUT2D eigenvalue weighted by Gasteiger charge is -2.27. The van der Waals surface area contributed by atoms with Gasteiger partial charge in [0.2, 0.25) is 0 Å². The Morgan fingerprint density at radius 2 is 2.04 bits per heavy atom. The van der Waals surface area contributed by atoms with E-state index in [0.717, 1.165) is 16.8 Å². The molecule has 0 aromatic heterocycles. The van der Waals surface area contributed by atoms with Crippen molar-refractivity contribution in [2.24, 2.45) is 5.92 Å². The third kappa shape index (κ3) is 6.35. The Balaban J connectivity index is 2.35. The minimum atomic E-state index is -0.839. The quantitative estimate of drug-likeness (QED) is 0.436. The average Bonchev–Trinajstić information content (AvgIpc) is 2.99. The summed E-state index contributed by atoms with van der Waals surface area (Å²) < 4.78 is 14.8. The fourth-order valence-electron chi connectivity index (χ4n) is 3.54.